The number of sulfonamides is 1. The highest BCUT2D eigenvalue weighted by atomic mass is 32.2. The van der Waals surface area contributed by atoms with E-state index in [1.807, 2.05) is 0 Å². The van der Waals surface area contributed by atoms with Crippen molar-refractivity contribution in [1.82, 2.24) is 15.0 Å². The summed E-state index contributed by atoms with van der Waals surface area (Å²) in [6.45, 7) is 1.68. The van der Waals surface area contributed by atoms with E-state index in [2.05, 4.69) is 15.0 Å². The first kappa shape index (κ1) is 18.5. The molecular formula is C13H15N3O5S3. The molecule has 0 radical (unpaired) electrons. The zero-order chi connectivity index (χ0) is 17.7. The molecule has 0 spiro atoms. The van der Waals surface area contributed by atoms with Gasteiger partial charge in [-0.25, -0.2) is 18.2 Å². The topological polar surface area (TPSA) is 125 Å². The van der Waals surface area contributed by atoms with Gasteiger partial charge in [-0.1, -0.05) is 6.07 Å². The van der Waals surface area contributed by atoms with Crippen molar-refractivity contribution >= 4 is 44.6 Å². The number of amides is 1. The number of carboxylic acids is 1. The monoisotopic (exact) mass is 389 g/mol. The number of nitrogens with one attached hydrogen (secondary N) is 2. The van der Waals surface area contributed by atoms with E-state index in [-0.39, 0.29) is 16.4 Å². The van der Waals surface area contributed by atoms with Gasteiger partial charge >= 0.3 is 5.97 Å². The Kier molecular flexibility index (Phi) is 6.04. The van der Waals surface area contributed by atoms with E-state index in [0.717, 1.165) is 11.3 Å². The van der Waals surface area contributed by atoms with Crippen LogP contribution in [-0.2, 0) is 21.2 Å². The molecule has 0 fully saturated rings. The van der Waals surface area contributed by atoms with Gasteiger partial charge in [0.1, 0.15) is 4.21 Å². The van der Waals surface area contributed by atoms with Gasteiger partial charge in [0, 0.05) is 18.3 Å². The van der Waals surface area contributed by atoms with Gasteiger partial charge in [-0.05, 0) is 18.4 Å². The van der Waals surface area contributed by atoms with Gasteiger partial charge in [-0.3, -0.25) is 4.79 Å². The molecule has 0 saturated carbocycles. The summed E-state index contributed by atoms with van der Waals surface area (Å²) >= 11 is 2.26. The van der Waals surface area contributed by atoms with Crippen molar-refractivity contribution in [3.63, 3.8) is 0 Å². The molecule has 11 heteroatoms. The molecule has 2 rings (SSSR count). The second kappa shape index (κ2) is 7.83. The van der Waals surface area contributed by atoms with Gasteiger partial charge in [0.15, 0.2) is 5.69 Å². The van der Waals surface area contributed by atoms with Crippen LogP contribution in [0.25, 0.3) is 0 Å². The Bertz CT molecular complexity index is 814. The first-order valence-corrected chi connectivity index (χ1v) is 10.0. The number of carbonyl (C=O) groups excluding carboxylic acids is 1. The zero-order valence-corrected chi connectivity index (χ0v) is 15.0. The molecule has 24 heavy (non-hydrogen) atoms. The molecule has 0 aliphatic carbocycles. The summed E-state index contributed by atoms with van der Waals surface area (Å²) in [5.41, 5.74) is -0.0293. The Morgan fingerprint density at radius 3 is 2.71 bits per heavy atom. The van der Waals surface area contributed by atoms with Crippen molar-refractivity contribution in [3.8, 4) is 0 Å². The van der Waals surface area contributed by atoms with E-state index < -0.39 is 27.9 Å². The fourth-order valence-corrected chi connectivity index (χ4v) is 4.72. The van der Waals surface area contributed by atoms with Crippen molar-refractivity contribution < 1.29 is 23.1 Å². The van der Waals surface area contributed by atoms with Crippen molar-refractivity contribution in [1.29, 1.82) is 0 Å². The van der Waals surface area contributed by atoms with Crippen LogP contribution in [0.2, 0.25) is 0 Å². The second-order valence-corrected chi connectivity index (χ2v) is 8.58. The molecule has 0 aromatic carbocycles. The van der Waals surface area contributed by atoms with Gasteiger partial charge in [0.2, 0.25) is 5.91 Å². The van der Waals surface area contributed by atoms with Crippen LogP contribution in [0.3, 0.4) is 0 Å². The van der Waals surface area contributed by atoms with E-state index in [9.17, 15) is 18.0 Å². The lowest BCUT2D eigenvalue weighted by atomic mass is 10.3. The van der Waals surface area contributed by atoms with Gasteiger partial charge in [0.05, 0.1) is 11.0 Å². The smallest absolute Gasteiger partial charge is 0.355 e. The van der Waals surface area contributed by atoms with Crippen LogP contribution in [0.15, 0.2) is 27.1 Å². The molecule has 0 saturated heterocycles. The van der Waals surface area contributed by atoms with Crippen molar-refractivity contribution in [2.24, 2.45) is 0 Å². The summed E-state index contributed by atoms with van der Waals surface area (Å²) in [6, 6.07) is 2.15. The lowest BCUT2D eigenvalue weighted by Gasteiger charge is -2.13. The third kappa shape index (κ3) is 4.84. The van der Waals surface area contributed by atoms with Crippen LogP contribution in [0.5, 0.6) is 0 Å². The number of nitrogens with zero attached hydrogens (tertiary/aromatic N) is 1. The molecule has 3 N–H and O–H groups in total. The Morgan fingerprint density at radius 2 is 2.12 bits per heavy atom. The minimum Gasteiger partial charge on any atom is -0.476 e. The number of thiazole rings is 1. The zero-order valence-electron chi connectivity index (χ0n) is 12.6. The summed E-state index contributed by atoms with van der Waals surface area (Å²) in [7, 11) is -3.71. The highest BCUT2D eigenvalue weighted by Gasteiger charge is 2.22. The molecular weight excluding hydrogens is 374 g/mol. The lowest BCUT2D eigenvalue weighted by molar-refractivity contribution is -0.122. The van der Waals surface area contributed by atoms with Gasteiger partial charge in [-0.15, -0.1) is 22.7 Å². The predicted molar refractivity (Wildman–Crippen MR) is 89.9 cm³/mol. The summed E-state index contributed by atoms with van der Waals surface area (Å²) in [6.07, 6.45) is 0.369. The maximum absolute atomic E-state index is 12.0. The minimum atomic E-state index is -3.71. The number of hydrogen-bond donors (Lipinski definition) is 3. The molecule has 2 aromatic heterocycles. The predicted octanol–water partition coefficient (Wildman–Crippen LogP) is 0.929. The number of rotatable bonds is 8. The first-order chi connectivity index (χ1) is 11.3. The van der Waals surface area contributed by atoms with Crippen LogP contribution in [-0.4, -0.2) is 43.0 Å². The van der Waals surface area contributed by atoms with Gasteiger partial charge in [-0.2, -0.15) is 4.72 Å². The van der Waals surface area contributed by atoms with E-state index in [0.29, 0.717) is 11.4 Å². The molecule has 2 heterocycles. The number of hydrogen-bond acceptors (Lipinski definition) is 7. The van der Waals surface area contributed by atoms with E-state index >= 15 is 0 Å². The second-order valence-electron chi connectivity index (χ2n) is 4.75. The summed E-state index contributed by atoms with van der Waals surface area (Å²) in [5, 5.41) is 15.0. The molecule has 1 amide bonds. The fourth-order valence-electron chi connectivity index (χ4n) is 1.73. The summed E-state index contributed by atoms with van der Waals surface area (Å²) < 4.78 is 26.5. The van der Waals surface area contributed by atoms with Gasteiger partial charge < -0.3 is 10.4 Å². The third-order valence-corrected chi connectivity index (χ3v) is 6.74. The van der Waals surface area contributed by atoms with Crippen LogP contribution < -0.4 is 10.0 Å². The Hall–Kier alpha value is -1.82. The quantitative estimate of drug-likeness (QED) is 0.617. The number of carboxylic acid groups (broad SMARTS) is 1. The highest BCUT2D eigenvalue weighted by molar-refractivity contribution is 7.91. The maximum Gasteiger partial charge on any atom is 0.355 e. The molecule has 0 aliphatic heterocycles. The summed E-state index contributed by atoms with van der Waals surface area (Å²) in [4.78, 5) is 26.6. The van der Waals surface area contributed by atoms with Crippen molar-refractivity contribution in [2.75, 3.05) is 6.54 Å². The Morgan fingerprint density at radius 1 is 1.38 bits per heavy atom. The Balaban J connectivity index is 1.82. The molecule has 2 aromatic rings. The molecule has 1 unspecified atom stereocenters. The standard InChI is InChI=1S/C13H15N3O5S3/c1-8(16-24(20,21)11-3-2-6-22-11)12(17)14-5-4-10-15-9(7-23-10)13(18)19/h2-3,6-8,16H,4-5H2,1H3,(H,14,17)(H,18,19). The number of thiophene rings is 1. The van der Waals surface area contributed by atoms with Crippen molar-refractivity contribution in [3.05, 3.63) is 33.6 Å². The average Bonchev–Trinajstić information content (AvgIpc) is 3.18. The third-order valence-electron chi connectivity index (χ3n) is 2.89. The maximum atomic E-state index is 12.0. The number of carbonyl (C=O) groups is 2. The van der Waals surface area contributed by atoms with Gasteiger partial charge in [0.25, 0.3) is 10.0 Å². The largest absolute Gasteiger partial charge is 0.476 e. The van der Waals surface area contributed by atoms with Crippen LogP contribution >= 0.6 is 22.7 Å². The lowest BCUT2D eigenvalue weighted by Crippen LogP contribution is -2.45. The molecule has 0 bridgehead atoms. The first-order valence-electron chi connectivity index (χ1n) is 6.81. The summed E-state index contributed by atoms with van der Waals surface area (Å²) in [5.74, 6) is -1.57. The SMILES string of the molecule is CC(NS(=O)(=O)c1cccs1)C(=O)NCCc1nc(C(=O)O)cs1. The molecule has 130 valence electrons. The van der Waals surface area contributed by atoms with E-state index in [4.69, 9.17) is 5.11 Å². The molecule has 0 aliphatic rings. The molecule has 1 atom stereocenters. The fraction of sp³-hybridized carbons (Fsp3) is 0.308. The normalized spacial score (nSPS) is 12.7. The highest BCUT2D eigenvalue weighted by Crippen LogP contribution is 2.15. The van der Waals surface area contributed by atoms with Crippen LogP contribution in [0, 0.1) is 0 Å². The van der Waals surface area contributed by atoms with Crippen molar-refractivity contribution in [2.45, 2.75) is 23.6 Å². The minimum absolute atomic E-state index is 0.0293. The molecule has 8 nitrogen and oxygen atoms in total. The Labute approximate surface area is 146 Å². The number of aromatic carboxylic acids is 1. The van der Waals surface area contributed by atoms with Crippen LogP contribution in [0.1, 0.15) is 22.4 Å². The number of aromatic nitrogens is 1. The van der Waals surface area contributed by atoms with E-state index in [1.54, 1.807) is 11.4 Å². The van der Waals surface area contributed by atoms with E-state index in [1.165, 1.54) is 29.7 Å². The average molecular weight is 389 g/mol. The van der Waals surface area contributed by atoms with Crippen LogP contribution in [0.4, 0.5) is 0 Å².